The first-order valence-corrected chi connectivity index (χ1v) is 6.04. The molecule has 1 aromatic carbocycles. The minimum Gasteiger partial charge on any atom is -0.379 e. The highest BCUT2D eigenvalue weighted by molar-refractivity contribution is 8.00. The molecule has 1 heterocycles. The van der Waals surface area contributed by atoms with Crippen molar-refractivity contribution < 1.29 is 9.53 Å². The Kier molecular flexibility index (Phi) is 3.80. The first kappa shape index (κ1) is 10.7. The lowest BCUT2D eigenvalue weighted by atomic mass is 10.1. The van der Waals surface area contributed by atoms with E-state index in [1.165, 1.54) is 10.5 Å². The minimum atomic E-state index is 0.599. The molecule has 3 heteroatoms. The molecule has 15 heavy (non-hydrogen) atoms. The molecule has 1 aliphatic rings. The summed E-state index contributed by atoms with van der Waals surface area (Å²) in [6.07, 6.45) is 2.44. The van der Waals surface area contributed by atoms with Crippen LogP contribution in [0.1, 0.15) is 12.0 Å². The number of aryl methyl sites for hydroxylation is 1. The predicted molar refractivity (Wildman–Crippen MR) is 61.3 cm³/mol. The average Bonchev–Trinajstić information content (AvgIpc) is 2.22. The largest absolute Gasteiger partial charge is 0.379 e. The summed E-state index contributed by atoms with van der Waals surface area (Å²) < 4.78 is 5.15. The summed E-state index contributed by atoms with van der Waals surface area (Å²) in [6, 6.07) is 8.31. The number of ether oxygens (including phenoxy) is 1. The Morgan fingerprint density at radius 3 is 2.87 bits per heavy atom. The van der Waals surface area contributed by atoms with Gasteiger partial charge in [0.15, 0.2) is 0 Å². The van der Waals surface area contributed by atoms with E-state index in [0.717, 1.165) is 25.9 Å². The maximum Gasteiger partial charge on any atom is 0.120 e. The first-order valence-electron chi connectivity index (χ1n) is 5.16. The van der Waals surface area contributed by atoms with E-state index in [2.05, 4.69) is 12.1 Å². The van der Waals surface area contributed by atoms with Crippen LogP contribution in [0.2, 0.25) is 0 Å². The number of thioether (sulfide) groups is 1. The maximum atomic E-state index is 10.4. The molecule has 0 atom stereocenters. The normalized spacial score (nSPS) is 16.0. The highest BCUT2D eigenvalue weighted by Crippen LogP contribution is 2.30. The zero-order chi connectivity index (χ0) is 10.5. The van der Waals surface area contributed by atoms with Crippen molar-refractivity contribution in [2.45, 2.75) is 23.0 Å². The topological polar surface area (TPSA) is 26.3 Å². The minimum absolute atomic E-state index is 0.599. The highest BCUT2D eigenvalue weighted by Gasteiger charge is 2.20. The third kappa shape index (κ3) is 2.83. The number of hydrogen-bond donors (Lipinski definition) is 0. The molecule has 1 saturated heterocycles. The number of benzene rings is 1. The van der Waals surface area contributed by atoms with Gasteiger partial charge in [-0.2, -0.15) is 0 Å². The van der Waals surface area contributed by atoms with Crippen molar-refractivity contribution in [1.82, 2.24) is 0 Å². The molecule has 2 rings (SSSR count). The SMILES string of the molecule is O=CCCc1ccccc1SC1COC1. The third-order valence-electron chi connectivity index (χ3n) is 2.41. The summed E-state index contributed by atoms with van der Waals surface area (Å²) in [5, 5.41) is 0.599. The Balaban J connectivity index is 2.02. The quantitative estimate of drug-likeness (QED) is 0.715. The molecule has 0 bridgehead atoms. The van der Waals surface area contributed by atoms with Gasteiger partial charge in [-0.1, -0.05) is 18.2 Å². The van der Waals surface area contributed by atoms with Crippen LogP contribution in [0.3, 0.4) is 0 Å². The van der Waals surface area contributed by atoms with Gasteiger partial charge in [-0.05, 0) is 18.1 Å². The summed E-state index contributed by atoms with van der Waals surface area (Å²) in [5.41, 5.74) is 1.28. The van der Waals surface area contributed by atoms with E-state index in [9.17, 15) is 4.79 Å². The van der Waals surface area contributed by atoms with Gasteiger partial charge < -0.3 is 9.53 Å². The Morgan fingerprint density at radius 1 is 1.40 bits per heavy atom. The molecule has 80 valence electrons. The highest BCUT2D eigenvalue weighted by atomic mass is 32.2. The van der Waals surface area contributed by atoms with E-state index in [1.807, 2.05) is 23.9 Å². The fourth-order valence-corrected chi connectivity index (χ4v) is 2.67. The lowest BCUT2D eigenvalue weighted by Crippen LogP contribution is -2.30. The van der Waals surface area contributed by atoms with Gasteiger partial charge in [0.25, 0.3) is 0 Å². The third-order valence-corrected chi connectivity index (χ3v) is 3.66. The lowest BCUT2D eigenvalue weighted by Gasteiger charge is -2.26. The van der Waals surface area contributed by atoms with Crippen LogP contribution in [0.5, 0.6) is 0 Å². The van der Waals surface area contributed by atoms with Crippen LogP contribution < -0.4 is 0 Å². The Labute approximate surface area is 94.0 Å². The summed E-state index contributed by atoms with van der Waals surface area (Å²) >= 11 is 1.87. The number of carbonyl (C=O) groups is 1. The fourth-order valence-electron chi connectivity index (χ4n) is 1.50. The van der Waals surface area contributed by atoms with Crippen molar-refractivity contribution in [2.24, 2.45) is 0 Å². The zero-order valence-electron chi connectivity index (χ0n) is 8.52. The number of hydrogen-bond acceptors (Lipinski definition) is 3. The second-order valence-corrected chi connectivity index (χ2v) is 4.93. The molecule has 0 radical (unpaired) electrons. The lowest BCUT2D eigenvalue weighted by molar-refractivity contribution is -0.107. The number of aldehydes is 1. The van der Waals surface area contributed by atoms with E-state index in [1.54, 1.807) is 0 Å². The van der Waals surface area contributed by atoms with Gasteiger partial charge in [-0.3, -0.25) is 0 Å². The fraction of sp³-hybridized carbons (Fsp3) is 0.417. The summed E-state index contributed by atoms with van der Waals surface area (Å²) in [5.74, 6) is 0. The van der Waals surface area contributed by atoms with Gasteiger partial charge in [0.2, 0.25) is 0 Å². The van der Waals surface area contributed by atoms with E-state index in [-0.39, 0.29) is 0 Å². The van der Waals surface area contributed by atoms with Crippen LogP contribution in [-0.4, -0.2) is 24.7 Å². The number of rotatable bonds is 5. The molecule has 1 aliphatic heterocycles. The molecule has 0 N–H and O–H groups in total. The van der Waals surface area contributed by atoms with E-state index in [4.69, 9.17) is 4.74 Å². The summed E-state index contributed by atoms with van der Waals surface area (Å²) in [4.78, 5) is 11.7. The molecule has 0 saturated carbocycles. The first-order chi connectivity index (χ1) is 7.40. The van der Waals surface area contributed by atoms with E-state index in [0.29, 0.717) is 11.7 Å². The second kappa shape index (κ2) is 5.33. The van der Waals surface area contributed by atoms with Gasteiger partial charge in [0, 0.05) is 11.3 Å². The van der Waals surface area contributed by atoms with E-state index >= 15 is 0 Å². The summed E-state index contributed by atoms with van der Waals surface area (Å²) in [7, 11) is 0. The van der Waals surface area contributed by atoms with Crippen LogP contribution in [0.15, 0.2) is 29.2 Å². The van der Waals surface area contributed by atoms with Crippen LogP contribution in [0, 0.1) is 0 Å². The van der Waals surface area contributed by atoms with Crippen LogP contribution in [-0.2, 0) is 16.0 Å². The number of carbonyl (C=O) groups excluding carboxylic acids is 1. The van der Waals surface area contributed by atoms with Crippen molar-refractivity contribution in [1.29, 1.82) is 0 Å². The molecule has 1 aromatic rings. The van der Waals surface area contributed by atoms with Crippen LogP contribution in [0.25, 0.3) is 0 Å². The predicted octanol–water partition coefficient (Wildman–Crippen LogP) is 2.31. The molecule has 0 amide bonds. The van der Waals surface area contributed by atoms with Gasteiger partial charge in [-0.25, -0.2) is 0 Å². The second-order valence-electron chi connectivity index (χ2n) is 3.59. The van der Waals surface area contributed by atoms with Gasteiger partial charge in [-0.15, -0.1) is 11.8 Å². The monoisotopic (exact) mass is 222 g/mol. The molecule has 0 aromatic heterocycles. The van der Waals surface area contributed by atoms with Crippen LogP contribution >= 0.6 is 11.8 Å². The van der Waals surface area contributed by atoms with Gasteiger partial charge in [0.05, 0.1) is 18.5 Å². The van der Waals surface area contributed by atoms with E-state index < -0.39 is 0 Å². The van der Waals surface area contributed by atoms with Gasteiger partial charge in [0.1, 0.15) is 6.29 Å². The molecule has 0 unspecified atom stereocenters. The van der Waals surface area contributed by atoms with Gasteiger partial charge >= 0.3 is 0 Å². The van der Waals surface area contributed by atoms with Crippen molar-refractivity contribution in [3.63, 3.8) is 0 Å². The molecular formula is C12H14O2S. The molecule has 1 fully saturated rings. The zero-order valence-corrected chi connectivity index (χ0v) is 9.33. The van der Waals surface area contributed by atoms with Crippen molar-refractivity contribution in [3.8, 4) is 0 Å². The van der Waals surface area contributed by atoms with Crippen molar-refractivity contribution in [2.75, 3.05) is 13.2 Å². The van der Waals surface area contributed by atoms with Crippen molar-refractivity contribution >= 4 is 18.0 Å². The molecule has 0 aliphatic carbocycles. The molecule has 0 spiro atoms. The molecule has 2 nitrogen and oxygen atoms in total. The summed E-state index contributed by atoms with van der Waals surface area (Å²) in [6.45, 7) is 1.71. The standard InChI is InChI=1S/C12H14O2S/c13-7-3-5-10-4-1-2-6-12(10)15-11-8-14-9-11/h1-2,4,6-7,11H,3,5,8-9H2. The Bertz CT molecular complexity index is 334. The Morgan fingerprint density at radius 2 is 2.20 bits per heavy atom. The Hall–Kier alpha value is -0.800. The molecular weight excluding hydrogens is 208 g/mol. The smallest absolute Gasteiger partial charge is 0.120 e. The average molecular weight is 222 g/mol. The maximum absolute atomic E-state index is 10.4. The van der Waals surface area contributed by atoms with Crippen molar-refractivity contribution in [3.05, 3.63) is 29.8 Å². The van der Waals surface area contributed by atoms with Crippen LogP contribution in [0.4, 0.5) is 0 Å².